The highest BCUT2D eigenvalue weighted by Gasteiger charge is 2.27. The number of unbranched alkanes of at least 4 members (excludes halogenated alkanes) is 1. The molecule has 2 N–H and O–H groups in total. The minimum atomic E-state index is -0.935. The summed E-state index contributed by atoms with van der Waals surface area (Å²) in [6.07, 6.45) is 2.85. The van der Waals surface area contributed by atoms with E-state index >= 15 is 0 Å². The van der Waals surface area contributed by atoms with Crippen LogP contribution in [0.3, 0.4) is 0 Å². The van der Waals surface area contributed by atoms with Crippen molar-refractivity contribution in [1.29, 1.82) is 0 Å². The summed E-state index contributed by atoms with van der Waals surface area (Å²) < 4.78 is 10.4. The minimum absolute atomic E-state index is 0.222. The van der Waals surface area contributed by atoms with Crippen LogP contribution in [0.5, 0.6) is 0 Å². The molecule has 0 saturated heterocycles. The van der Waals surface area contributed by atoms with Crippen molar-refractivity contribution < 1.29 is 33.4 Å². The maximum atomic E-state index is 12.5. The molecule has 1 atom stereocenters. The van der Waals surface area contributed by atoms with Gasteiger partial charge in [0.1, 0.15) is 23.8 Å². The van der Waals surface area contributed by atoms with E-state index < -0.39 is 35.2 Å². The minimum Gasteiger partial charge on any atom is -0.458 e. The number of rotatable bonds is 9. The number of nitrogens with zero attached hydrogens (tertiary/aromatic N) is 1. The number of hydrogen-bond acceptors (Lipinski definition) is 7. The lowest BCUT2D eigenvalue weighted by atomic mass is 10.1. The molecule has 1 unspecified atom stereocenters. The first kappa shape index (κ1) is 26.1. The summed E-state index contributed by atoms with van der Waals surface area (Å²) in [4.78, 5) is 60.7. The van der Waals surface area contributed by atoms with Crippen molar-refractivity contribution in [3.8, 4) is 0 Å². The topological polar surface area (TPSA) is 131 Å². The lowest BCUT2D eigenvalue weighted by Gasteiger charge is -2.25. The summed E-state index contributed by atoms with van der Waals surface area (Å²) in [7, 11) is 0. The molecule has 1 heterocycles. The van der Waals surface area contributed by atoms with Crippen molar-refractivity contribution in [3.63, 3.8) is 0 Å². The number of nitrogens with one attached hydrogen (secondary N) is 2. The first-order valence-corrected chi connectivity index (χ1v) is 10.2. The van der Waals surface area contributed by atoms with Gasteiger partial charge in [-0.05, 0) is 60.8 Å². The number of amides is 4. The molecule has 0 aliphatic carbocycles. The molecule has 0 aromatic heterocycles. The molecule has 31 heavy (non-hydrogen) atoms. The van der Waals surface area contributed by atoms with Gasteiger partial charge in [-0.15, -0.1) is 0 Å². The normalized spacial score (nSPS) is 15.0. The molecule has 1 aliphatic rings. The molecular weight excluding hydrogens is 406 g/mol. The molecule has 0 aromatic carbocycles. The van der Waals surface area contributed by atoms with Gasteiger partial charge in [-0.1, -0.05) is 0 Å². The van der Waals surface area contributed by atoms with Crippen molar-refractivity contribution in [3.05, 3.63) is 12.2 Å². The number of ether oxygens (including phenoxy) is 2. The van der Waals surface area contributed by atoms with Crippen LogP contribution < -0.4 is 10.6 Å². The van der Waals surface area contributed by atoms with Gasteiger partial charge >= 0.3 is 12.1 Å². The van der Waals surface area contributed by atoms with E-state index in [0.29, 0.717) is 12.8 Å². The summed E-state index contributed by atoms with van der Waals surface area (Å²) in [6.45, 7) is 10.1. The van der Waals surface area contributed by atoms with E-state index in [1.807, 2.05) is 0 Å². The Hall–Kier alpha value is -2.91. The molecular formula is C21H33N3O7. The van der Waals surface area contributed by atoms with Crippen LogP contribution in [-0.4, -0.2) is 65.0 Å². The molecule has 0 fully saturated rings. The van der Waals surface area contributed by atoms with E-state index in [1.54, 1.807) is 41.5 Å². The zero-order valence-corrected chi connectivity index (χ0v) is 19.1. The molecule has 1 aliphatic heterocycles. The molecule has 10 nitrogen and oxygen atoms in total. The van der Waals surface area contributed by atoms with Gasteiger partial charge in [0.15, 0.2) is 0 Å². The molecule has 1 rings (SSSR count). The Labute approximate surface area is 182 Å². The van der Waals surface area contributed by atoms with E-state index in [2.05, 4.69) is 10.6 Å². The van der Waals surface area contributed by atoms with Crippen molar-refractivity contribution in [2.24, 2.45) is 0 Å². The number of alkyl carbamates (subject to hydrolysis) is 1. The second kappa shape index (κ2) is 10.9. The first-order chi connectivity index (χ1) is 14.2. The van der Waals surface area contributed by atoms with Crippen molar-refractivity contribution >= 4 is 29.8 Å². The number of hydrogen-bond donors (Lipinski definition) is 2. The summed E-state index contributed by atoms with van der Waals surface area (Å²) in [6, 6.07) is -0.935. The van der Waals surface area contributed by atoms with Crippen LogP contribution in [0.15, 0.2) is 12.2 Å². The van der Waals surface area contributed by atoms with Gasteiger partial charge in [0.2, 0.25) is 5.91 Å². The Morgan fingerprint density at radius 3 is 2.00 bits per heavy atom. The summed E-state index contributed by atoms with van der Waals surface area (Å²) in [5.41, 5.74) is -1.44. The maximum Gasteiger partial charge on any atom is 0.408 e. The third-order valence-corrected chi connectivity index (χ3v) is 3.84. The van der Waals surface area contributed by atoms with Crippen LogP contribution in [0, 0.1) is 0 Å². The smallest absolute Gasteiger partial charge is 0.408 e. The highest BCUT2D eigenvalue weighted by atomic mass is 16.6. The summed E-state index contributed by atoms with van der Waals surface area (Å²) >= 11 is 0. The zero-order valence-electron chi connectivity index (χ0n) is 19.1. The molecule has 10 heteroatoms. The standard InChI is InChI=1S/C21H33N3O7/c1-20(2,3)30-18(28)14(9-7-8-12-24-16(26)10-11-17(24)27)23-15(25)13-22-19(29)31-21(4,5)6/h10-11,14H,7-9,12-13H2,1-6H3,(H,22,29)(H,23,25). The van der Waals surface area contributed by atoms with E-state index in [4.69, 9.17) is 9.47 Å². The highest BCUT2D eigenvalue weighted by molar-refractivity contribution is 6.12. The fraction of sp³-hybridized carbons (Fsp3) is 0.667. The average molecular weight is 440 g/mol. The largest absolute Gasteiger partial charge is 0.458 e. The van der Waals surface area contributed by atoms with E-state index in [9.17, 15) is 24.0 Å². The van der Waals surface area contributed by atoms with Crippen LogP contribution in [0.4, 0.5) is 4.79 Å². The average Bonchev–Trinajstić information content (AvgIpc) is 2.91. The molecule has 0 aromatic rings. The second-order valence-corrected chi connectivity index (χ2v) is 9.17. The quantitative estimate of drug-likeness (QED) is 0.316. The number of carbonyl (C=O) groups is 5. The summed E-state index contributed by atoms with van der Waals surface area (Å²) in [5, 5.41) is 4.89. The molecule has 0 bridgehead atoms. The molecule has 0 radical (unpaired) electrons. The predicted molar refractivity (Wildman–Crippen MR) is 112 cm³/mol. The van der Waals surface area contributed by atoms with Crippen LogP contribution >= 0.6 is 0 Å². The van der Waals surface area contributed by atoms with Gasteiger partial charge < -0.3 is 20.1 Å². The monoisotopic (exact) mass is 439 g/mol. The zero-order chi connectivity index (χ0) is 23.8. The SMILES string of the molecule is CC(C)(C)OC(=O)NCC(=O)NC(CCCCN1C(=O)C=CC1=O)C(=O)OC(C)(C)C. The number of carbonyl (C=O) groups excluding carboxylic acids is 5. The Morgan fingerprint density at radius 1 is 0.935 bits per heavy atom. The van der Waals surface area contributed by atoms with Crippen molar-refractivity contribution in [2.75, 3.05) is 13.1 Å². The van der Waals surface area contributed by atoms with Crippen molar-refractivity contribution in [1.82, 2.24) is 15.5 Å². The third kappa shape index (κ3) is 10.6. The number of imide groups is 1. The van der Waals surface area contributed by atoms with Gasteiger partial charge in [-0.25, -0.2) is 9.59 Å². The molecule has 174 valence electrons. The van der Waals surface area contributed by atoms with Gasteiger partial charge in [-0.2, -0.15) is 0 Å². The van der Waals surface area contributed by atoms with Crippen molar-refractivity contribution in [2.45, 2.75) is 78.0 Å². The van der Waals surface area contributed by atoms with Crippen LogP contribution in [0.25, 0.3) is 0 Å². The fourth-order valence-corrected chi connectivity index (χ4v) is 2.60. The second-order valence-electron chi connectivity index (χ2n) is 9.17. The van der Waals surface area contributed by atoms with E-state index in [1.165, 1.54) is 12.2 Å². The molecule has 0 spiro atoms. The molecule has 4 amide bonds. The Morgan fingerprint density at radius 2 is 1.48 bits per heavy atom. The van der Waals surface area contributed by atoms with Crippen LogP contribution in [-0.2, 0) is 28.7 Å². The Balaban J connectivity index is 2.57. The lowest BCUT2D eigenvalue weighted by Crippen LogP contribution is -2.48. The van der Waals surface area contributed by atoms with Gasteiger partial charge in [0.25, 0.3) is 11.8 Å². The lowest BCUT2D eigenvalue weighted by molar-refractivity contribution is -0.159. The van der Waals surface area contributed by atoms with Gasteiger partial charge in [0.05, 0.1) is 0 Å². The highest BCUT2D eigenvalue weighted by Crippen LogP contribution is 2.13. The predicted octanol–water partition coefficient (Wildman–Crippen LogP) is 1.43. The van der Waals surface area contributed by atoms with Gasteiger partial charge in [-0.3, -0.25) is 19.3 Å². The molecule has 0 saturated carbocycles. The number of esters is 1. The van der Waals surface area contributed by atoms with Gasteiger partial charge in [0, 0.05) is 18.7 Å². The Kier molecular flexibility index (Phi) is 9.20. The fourth-order valence-electron chi connectivity index (χ4n) is 2.60. The van der Waals surface area contributed by atoms with E-state index in [0.717, 1.165) is 4.90 Å². The van der Waals surface area contributed by atoms with E-state index in [-0.39, 0.29) is 31.3 Å². The van der Waals surface area contributed by atoms with Crippen LogP contribution in [0.1, 0.15) is 60.8 Å². The first-order valence-electron chi connectivity index (χ1n) is 10.2. The Bertz CT molecular complexity index is 714. The third-order valence-electron chi connectivity index (χ3n) is 3.84. The van der Waals surface area contributed by atoms with Crippen LogP contribution in [0.2, 0.25) is 0 Å². The summed E-state index contributed by atoms with van der Waals surface area (Å²) in [5.74, 6) is -1.91. The maximum absolute atomic E-state index is 12.5.